The smallest absolute Gasteiger partial charge is 0.421 e. The average molecular weight is 558 g/mol. The fourth-order valence-electron chi connectivity index (χ4n) is 4.07. The lowest BCUT2D eigenvalue weighted by atomic mass is 10.1. The number of phosphoric ester groups is 1. The highest BCUT2D eigenvalue weighted by atomic mass is 31.2. The van der Waals surface area contributed by atoms with E-state index >= 15 is 0 Å². The minimum atomic E-state index is -4.84. The number of hydrogen-bond acceptors (Lipinski definition) is 9. The number of anilines is 2. The third kappa shape index (κ3) is 6.09. The number of ether oxygens (including phenoxy) is 1. The predicted molar refractivity (Wildman–Crippen MR) is 136 cm³/mol. The Balaban J connectivity index is 1.38. The Morgan fingerprint density at radius 1 is 1.18 bits per heavy atom. The minimum Gasteiger partial charge on any atom is -0.421 e. The normalized spacial score (nSPS) is 15.2. The topological polar surface area (TPSA) is 185 Å². The molecule has 0 unspecified atom stereocenters. The SMILES string of the molecule is Cc1ccc(C(=O)N(C(=O)OCOP(=O)(O)O)C2CC2)cc1Nc1ncnn2cc(C(=O)NC3CC3)c(C)c12. The molecule has 1 aromatic carbocycles. The zero-order chi connectivity index (χ0) is 27.9. The van der Waals surface area contributed by atoms with Crippen LogP contribution in [0.2, 0.25) is 0 Å². The van der Waals surface area contributed by atoms with Crippen molar-refractivity contribution in [1.29, 1.82) is 0 Å². The number of hydrogen-bond donors (Lipinski definition) is 4. The van der Waals surface area contributed by atoms with Crippen LogP contribution in [0, 0.1) is 13.8 Å². The number of carbonyl (C=O) groups is 3. The Kier molecular flexibility index (Phi) is 7.12. The van der Waals surface area contributed by atoms with Crippen molar-refractivity contribution >= 4 is 42.8 Å². The number of phosphoric acid groups is 1. The van der Waals surface area contributed by atoms with Gasteiger partial charge in [-0.25, -0.2) is 28.3 Å². The van der Waals surface area contributed by atoms with Gasteiger partial charge >= 0.3 is 13.9 Å². The first-order valence-electron chi connectivity index (χ1n) is 12.2. The molecule has 2 aromatic heterocycles. The van der Waals surface area contributed by atoms with E-state index in [-0.39, 0.29) is 23.6 Å². The molecule has 4 N–H and O–H groups in total. The molecule has 0 spiro atoms. The van der Waals surface area contributed by atoms with Crippen LogP contribution >= 0.6 is 7.82 Å². The number of benzene rings is 1. The van der Waals surface area contributed by atoms with Crippen LogP contribution in [0.4, 0.5) is 16.3 Å². The van der Waals surface area contributed by atoms with E-state index in [1.54, 1.807) is 28.9 Å². The van der Waals surface area contributed by atoms with Crippen molar-refractivity contribution in [2.75, 3.05) is 12.1 Å². The first-order chi connectivity index (χ1) is 18.5. The molecule has 0 bridgehead atoms. The standard InChI is InChI=1S/C24H27N6O8P/c1-13-3-4-15(23(32)30(17-7-8-17)24(33)37-12-38-39(34,35)36)9-19(13)28-21-20-14(2)18(10-29(20)26-11-25-21)22(31)27-16-5-6-16/h3-4,9-11,16-17H,5-8,12H2,1-2H3,(H,27,31)(H,25,26,28)(H2,34,35,36). The first-order valence-corrected chi connectivity index (χ1v) is 13.8. The van der Waals surface area contributed by atoms with Crippen LogP contribution in [0.25, 0.3) is 5.52 Å². The number of amides is 3. The highest BCUT2D eigenvalue weighted by Crippen LogP contribution is 2.36. The van der Waals surface area contributed by atoms with Crippen LogP contribution in [0.5, 0.6) is 0 Å². The van der Waals surface area contributed by atoms with Gasteiger partial charge in [-0.1, -0.05) is 6.07 Å². The summed E-state index contributed by atoms with van der Waals surface area (Å²) in [5, 5.41) is 10.4. The molecule has 14 nitrogen and oxygen atoms in total. The quantitative estimate of drug-likeness (QED) is 0.224. The van der Waals surface area contributed by atoms with Crippen molar-refractivity contribution in [2.24, 2.45) is 0 Å². The summed E-state index contributed by atoms with van der Waals surface area (Å²) in [6.07, 6.45) is 5.04. The number of nitrogens with zero attached hydrogens (tertiary/aromatic N) is 4. The van der Waals surface area contributed by atoms with Crippen LogP contribution in [-0.2, 0) is 13.8 Å². The van der Waals surface area contributed by atoms with E-state index in [0.717, 1.165) is 23.3 Å². The molecule has 0 saturated heterocycles. The van der Waals surface area contributed by atoms with E-state index in [4.69, 9.17) is 14.5 Å². The summed E-state index contributed by atoms with van der Waals surface area (Å²) in [6.45, 7) is 2.65. The average Bonchev–Trinajstić information content (AvgIpc) is 3.80. The number of imide groups is 1. The molecule has 2 saturated carbocycles. The Morgan fingerprint density at radius 3 is 2.59 bits per heavy atom. The molecule has 15 heteroatoms. The van der Waals surface area contributed by atoms with Gasteiger partial charge in [-0.05, 0) is 62.8 Å². The van der Waals surface area contributed by atoms with Gasteiger partial charge in [0.1, 0.15) is 11.8 Å². The van der Waals surface area contributed by atoms with Crippen LogP contribution in [-0.4, -0.2) is 66.1 Å². The van der Waals surface area contributed by atoms with Gasteiger partial charge in [0.05, 0.1) is 5.56 Å². The van der Waals surface area contributed by atoms with E-state index in [1.807, 2.05) is 13.8 Å². The molecule has 2 aliphatic rings. The maximum absolute atomic E-state index is 13.3. The second-order valence-electron chi connectivity index (χ2n) is 9.53. The van der Waals surface area contributed by atoms with Crippen molar-refractivity contribution in [3.8, 4) is 0 Å². The van der Waals surface area contributed by atoms with Crippen LogP contribution in [0.15, 0.2) is 30.7 Å². The monoisotopic (exact) mass is 558 g/mol. The number of aryl methyl sites for hydroxylation is 2. The van der Waals surface area contributed by atoms with Gasteiger partial charge < -0.3 is 25.2 Å². The van der Waals surface area contributed by atoms with Gasteiger partial charge in [0.25, 0.3) is 11.8 Å². The lowest BCUT2D eigenvalue weighted by Crippen LogP contribution is -2.39. The van der Waals surface area contributed by atoms with E-state index in [2.05, 4.69) is 25.2 Å². The Morgan fingerprint density at radius 2 is 1.92 bits per heavy atom. The van der Waals surface area contributed by atoms with E-state index < -0.39 is 26.6 Å². The fourth-order valence-corrected chi connectivity index (χ4v) is 4.26. The highest BCUT2D eigenvalue weighted by molar-refractivity contribution is 7.46. The van der Waals surface area contributed by atoms with Gasteiger partial charge in [0.15, 0.2) is 5.82 Å². The maximum atomic E-state index is 13.3. The molecule has 3 amide bonds. The summed E-state index contributed by atoms with van der Waals surface area (Å²) >= 11 is 0. The molecular weight excluding hydrogens is 531 g/mol. The molecule has 2 aliphatic carbocycles. The second kappa shape index (κ2) is 10.4. The summed E-state index contributed by atoms with van der Waals surface area (Å²) in [5.41, 5.74) is 3.30. The molecule has 206 valence electrons. The summed E-state index contributed by atoms with van der Waals surface area (Å²) in [7, 11) is -4.84. The summed E-state index contributed by atoms with van der Waals surface area (Å²) < 4.78 is 21.3. The Bertz CT molecular complexity index is 1510. The number of carbonyl (C=O) groups excluding carboxylic acids is 3. The third-order valence-corrected chi connectivity index (χ3v) is 6.89. The van der Waals surface area contributed by atoms with E-state index in [1.165, 1.54) is 6.33 Å². The van der Waals surface area contributed by atoms with Crippen LogP contribution < -0.4 is 10.6 Å². The molecule has 0 aliphatic heterocycles. The maximum Gasteiger partial charge on any atom is 0.472 e. The van der Waals surface area contributed by atoms with Gasteiger partial charge in [-0.3, -0.25) is 9.59 Å². The Labute approximate surface area is 222 Å². The van der Waals surface area contributed by atoms with Gasteiger partial charge in [0.2, 0.25) is 6.79 Å². The molecule has 3 aromatic rings. The molecule has 0 radical (unpaired) electrons. The molecule has 2 heterocycles. The molecule has 0 atom stereocenters. The van der Waals surface area contributed by atoms with Crippen molar-refractivity contribution in [3.63, 3.8) is 0 Å². The first kappa shape index (κ1) is 26.8. The Hall–Kier alpha value is -3.84. The molecular formula is C24H27N6O8P. The van der Waals surface area contributed by atoms with E-state index in [0.29, 0.717) is 41.0 Å². The third-order valence-electron chi connectivity index (χ3n) is 6.45. The van der Waals surface area contributed by atoms with Gasteiger partial charge in [-0.2, -0.15) is 5.10 Å². The van der Waals surface area contributed by atoms with Crippen molar-refractivity contribution in [3.05, 3.63) is 53.0 Å². The van der Waals surface area contributed by atoms with Gasteiger partial charge in [-0.15, -0.1) is 0 Å². The lowest BCUT2D eigenvalue weighted by Gasteiger charge is -2.21. The number of nitrogens with one attached hydrogen (secondary N) is 2. The number of fused-ring (bicyclic) bond motifs is 1. The predicted octanol–water partition coefficient (Wildman–Crippen LogP) is 2.79. The zero-order valence-electron chi connectivity index (χ0n) is 21.2. The van der Waals surface area contributed by atoms with Crippen molar-refractivity contribution < 1.29 is 38.0 Å². The highest BCUT2D eigenvalue weighted by Gasteiger charge is 2.39. The summed E-state index contributed by atoms with van der Waals surface area (Å²) in [6, 6.07) is 4.67. The van der Waals surface area contributed by atoms with Crippen molar-refractivity contribution in [1.82, 2.24) is 24.8 Å². The van der Waals surface area contributed by atoms with Crippen LogP contribution in [0.3, 0.4) is 0 Å². The zero-order valence-corrected chi connectivity index (χ0v) is 22.1. The van der Waals surface area contributed by atoms with Crippen molar-refractivity contribution in [2.45, 2.75) is 51.6 Å². The number of rotatable bonds is 9. The lowest BCUT2D eigenvalue weighted by molar-refractivity contribution is 0.0193. The number of aromatic nitrogens is 3. The summed E-state index contributed by atoms with van der Waals surface area (Å²) in [5.74, 6) is -0.380. The van der Waals surface area contributed by atoms with Crippen LogP contribution in [0.1, 0.15) is 57.5 Å². The molecule has 39 heavy (non-hydrogen) atoms. The van der Waals surface area contributed by atoms with Gasteiger partial charge in [0, 0.05) is 29.5 Å². The van der Waals surface area contributed by atoms with E-state index in [9.17, 15) is 18.9 Å². The second-order valence-corrected chi connectivity index (χ2v) is 10.8. The largest absolute Gasteiger partial charge is 0.472 e. The fraction of sp³-hybridized carbons (Fsp3) is 0.375. The molecule has 2 fully saturated rings. The summed E-state index contributed by atoms with van der Waals surface area (Å²) in [4.78, 5) is 61.4. The minimum absolute atomic E-state index is 0.173. The molecule has 5 rings (SSSR count).